The number of nitrogen functional groups attached to an aromatic ring is 1. The first-order valence-corrected chi connectivity index (χ1v) is 6.00. The molecule has 3 rings (SSSR count). The van der Waals surface area contributed by atoms with Gasteiger partial charge in [0, 0.05) is 19.2 Å². The van der Waals surface area contributed by atoms with E-state index in [2.05, 4.69) is 15.0 Å². The fraction of sp³-hybridized carbons (Fsp3) is 0.417. The summed E-state index contributed by atoms with van der Waals surface area (Å²) in [6.45, 7) is 1.02. The van der Waals surface area contributed by atoms with Gasteiger partial charge < -0.3 is 15.2 Å². The highest BCUT2D eigenvalue weighted by Gasteiger charge is 2.30. The molecule has 0 amide bonds. The molecular formula is C12H15N5O2. The molecule has 2 aromatic heterocycles. The highest BCUT2D eigenvalue weighted by Crippen LogP contribution is 2.38. The van der Waals surface area contributed by atoms with Gasteiger partial charge in [-0.3, -0.25) is 4.57 Å². The van der Waals surface area contributed by atoms with Gasteiger partial charge in [-0.05, 0) is 12.0 Å². The van der Waals surface area contributed by atoms with Gasteiger partial charge in [0.25, 0.3) is 0 Å². The summed E-state index contributed by atoms with van der Waals surface area (Å²) in [6.07, 6.45) is 6.21. The monoisotopic (exact) mass is 261 g/mol. The first kappa shape index (κ1) is 12.1. The first-order chi connectivity index (χ1) is 9.29. The number of hydrogen-bond acceptors (Lipinski definition) is 6. The van der Waals surface area contributed by atoms with Gasteiger partial charge in [-0.15, -0.1) is 0 Å². The average molecular weight is 261 g/mol. The number of hydrogen-bond donors (Lipinski definition) is 1. The first-order valence-electron chi connectivity index (χ1n) is 6.00. The fourth-order valence-electron chi connectivity index (χ4n) is 1.97. The molecule has 1 unspecified atom stereocenters. The van der Waals surface area contributed by atoms with E-state index >= 15 is 0 Å². The molecule has 0 aromatic carbocycles. The molecule has 1 atom stereocenters. The Hall–Kier alpha value is -1.99. The number of methoxy groups -OCH3 is 1. The van der Waals surface area contributed by atoms with Crippen molar-refractivity contribution in [1.82, 2.24) is 19.5 Å². The summed E-state index contributed by atoms with van der Waals surface area (Å²) >= 11 is 0. The Morgan fingerprint density at radius 1 is 1.47 bits per heavy atom. The molecule has 2 heterocycles. The molecule has 100 valence electrons. The van der Waals surface area contributed by atoms with Crippen LogP contribution in [-0.4, -0.2) is 40.0 Å². The minimum absolute atomic E-state index is 0.335. The van der Waals surface area contributed by atoms with Gasteiger partial charge in [0.1, 0.15) is 19.4 Å². The van der Waals surface area contributed by atoms with Crippen molar-refractivity contribution in [1.29, 1.82) is 0 Å². The van der Waals surface area contributed by atoms with E-state index in [1.54, 1.807) is 13.4 Å². The molecule has 7 heteroatoms. The summed E-state index contributed by atoms with van der Waals surface area (Å²) in [4.78, 5) is 12.3. The van der Waals surface area contributed by atoms with Gasteiger partial charge in [-0.2, -0.15) is 0 Å². The SMILES string of the molecule is COCOCC1C/C1=C\n1cnc2c(N)ncnc21. The van der Waals surface area contributed by atoms with Crippen molar-refractivity contribution < 1.29 is 9.47 Å². The Morgan fingerprint density at radius 2 is 2.37 bits per heavy atom. The molecule has 0 bridgehead atoms. The van der Waals surface area contributed by atoms with E-state index in [-0.39, 0.29) is 0 Å². The second-order valence-corrected chi connectivity index (χ2v) is 4.47. The minimum Gasteiger partial charge on any atom is -0.382 e. The van der Waals surface area contributed by atoms with Crippen molar-refractivity contribution in [3.05, 3.63) is 18.2 Å². The van der Waals surface area contributed by atoms with Crippen molar-refractivity contribution in [2.24, 2.45) is 5.92 Å². The summed E-state index contributed by atoms with van der Waals surface area (Å²) in [5, 5.41) is 0. The third kappa shape index (κ3) is 2.42. The molecule has 0 saturated heterocycles. The number of rotatable bonds is 5. The lowest BCUT2D eigenvalue weighted by Gasteiger charge is -1.99. The number of imidazole rings is 1. The van der Waals surface area contributed by atoms with E-state index in [0.29, 0.717) is 30.7 Å². The maximum atomic E-state index is 5.74. The summed E-state index contributed by atoms with van der Waals surface area (Å²) < 4.78 is 12.0. The molecule has 19 heavy (non-hydrogen) atoms. The number of ether oxygens (including phenoxy) is 2. The fourth-order valence-corrected chi connectivity index (χ4v) is 1.97. The Kier molecular flexibility index (Phi) is 3.14. The topological polar surface area (TPSA) is 88.1 Å². The van der Waals surface area contributed by atoms with E-state index in [1.165, 1.54) is 11.9 Å². The second kappa shape index (κ2) is 4.94. The average Bonchev–Trinajstić information content (AvgIpc) is 3.00. The molecule has 0 spiro atoms. The van der Waals surface area contributed by atoms with Crippen LogP contribution in [-0.2, 0) is 9.47 Å². The molecule has 1 fully saturated rings. The zero-order valence-electron chi connectivity index (χ0n) is 10.6. The summed E-state index contributed by atoms with van der Waals surface area (Å²) in [7, 11) is 1.62. The van der Waals surface area contributed by atoms with Gasteiger partial charge >= 0.3 is 0 Å². The lowest BCUT2D eigenvalue weighted by Crippen LogP contribution is -1.99. The standard InChI is InChI=1S/C12H15N5O2/c1-18-7-19-4-9-2-8(9)3-17-6-16-10-11(13)14-5-15-12(10)17/h3,5-6,9H,2,4,7H2,1H3,(H2,13,14,15)/b8-3+. The summed E-state index contributed by atoms with van der Waals surface area (Å²) in [5.41, 5.74) is 8.41. The van der Waals surface area contributed by atoms with E-state index in [0.717, 1.165) is 12.1 Å². The van der Waals surface area contributed by atoms with E-state index in [4.69, 9.17) is 15.2 Å². The highest BCUT2D eigenvalue weighted by molar-refractivity contribution is 5.82. The molecule has 7 nitrogen and oxygen atoms in total. The van der Waals surface area contributed by atoms with Gasteiger partial charge in [0.05, 0.1) is 6.61 Å². The van der Waals surface area contributed by atoms with Gasteiger partial charge in [0.15, 0.2) is 17.0 Å². The number of fused-ring (bicyclic) bond motifs is 1. The van der Waals surface area contributed by atoms with Crippen LogP contribution in [0.5, 0.6) is 0 Å². The van der Waals surface area contributed by atoms with Crippen LogP contribution in [0.4, 0.5) is 5.82 Å². The Labute approximate surface area is 110 Å². The third-order valence-corrected chi connectivity index (χ3v) is 3.06. The van der Waals surface area contributed by atoms with Crippen molar-refractivity contribution in [3.63, 3.8) is 0 Å². The van der Waals surface area contributed by atoms with Crippen molar-refractivity contribution in [3.8, 4) is 0 Å². The zero-order valence-corrected chi connectivity index (χ0v) is 10.6. The normalized spacial score (nSPS) is 20.3. The van der Waals surface area contributed by atoms with Crippen molar-refractivity contribution in [2.75, 3.05) is 26.2 Å². The van der Waals surface area contributed by atoms with E-state index < -0.39 is 0 Å². The van der Waals surface area contributed by atoms with Crippen LogP contribution in [0.15, 0.2) is 18.2 Å². The summed E-state index contributed by atoms with van der Waals surface area (Å²) in [6, 6.07) is 0. The molecule has 1 aliphatic carbocycles. The van der Waals surface area contributed by atoms with Crippen LogP contribution in [0.25, 0.3) is 17.4 Å². The van der Waals surface area contributed by atoms with Gasteiger partial charge in [-0.25, -0.2) is 15.0 Å². The van der Waals surface area contributed by atoms with Gasteiger partial charge in [0.2, 0.25) is 0 Å². The van der Waals surface area contributed by atoms with E-state index in [9.17, 15) is 0 Å². The lowest BCUT2D eigenvalue weighted by atomic mass is 10.4. The molecule has 0 radical (unpaired) electrons. The van der Waals surface area contributed by atoms with Crippen molar-refractivity contribution in [2.45, 2.75) is 6.42 Å². The molecule has 2 N–H and O–H groups in total. The smallest absolute Gasteiger partial charge is 0.169 e. The van der Waals surface area contributed by atoms with Crippen LogP contribution in [0.2, 0.25) is 0 Å². The molecule has 1 saturated carbocycles. The number of nitrogens with two attached hydrogens (primary N) is 1. The van der Waals surface area contributed by atoms with Crippen LogP contribution in [0.3, 0.4) is 0 Å². The lowest BCUT2D eigenvalue weighted by molar-refractivity contribution is -0.0333. The number of nitrogens with zero attached hydrogens (tertiary/aromatic N) is 4. The summed E-state index contributed by atoms with van der Waals surface area (Å²) in [5.74, 6) is 0.865. The molecule has 0 aliphatic heterocycles. The Morgan fingerprint density at radius 3 is 3.21 bits per heavy atom. The predicted octanol–water partition coefficient (Wildman–Crippen LogP) is 0.890. The van der Waals surface area contributed by atoms with Crippen molar-refractivity contribution >= 4 is 23.2 Å². The quantitative estimate of drug-likeness (QED) is 0.635. The maximum absolute atomic E-state index is 5.74. The number of anilines is 1. The second-order valence-electron chi connectivity index (χ2n) is 4.47. The van der Waals surface area contributed by atoms with Crippen LogP contribution < -0.4 is 5.73 Å². The highest BCUT2D eigenvalue weighted by atomic mass is 16.7. The zero-order chi connectivity index (χ0) is 13.2. The van der Waals surface area contributed by atoms with Crippen LogP contribution in [0, 0.1) is 5.92 Å². The van der Waals surface area contributed by atoms with Crippen LogP contribution >= 0.6 is 0 Å². The predicted molar refractivity (Wildman–Crippen MR) is 69.9 cm³/mol. The molecule has 2 aromatic rings. The minimum atomic E-state index is 0.335. The molecular weight excluding hydrogens is 246 g/mol. The Bertz CT molecular complexity index is 622. The van der Waals surface area contributed by atoms with Crippen LogP contribution in [0.1, 0.15) is 6.42 Å². The van der Waals surface area contributed by atoms with E-state index in [1.807, 2.05) is 10.8 Å². The maximum Gasteiger partial charge on any atom is 0.169 e. The largest absolute Gasteiger partial charge is 0.382 e. The number of aromatic nitrogens is 4. The van der Waals surface area contributed by atoms with Gasteiger partial charge in [-0.1, -0.05) is 0 Å². The Balaban J connectivity index is 1.75. The molecule has 1 aliphatic rings. The third-order valence-electron chi connectivity index (χ3n) is 3.06.